The lowest BCUT2D eigenvalue weighted by Crippen LogP contribution is -2.46. The number of carbonyl (C=O) groups excluding carboxylic acids is 1. The van der Waals surface area contributed by atoms with Crippen LogP contribution >= 0.6 is 22.9 Å². The Labute approximate surface area is 273 Å². The number of esters is 1. The van der Waals surface area contributed by atoms with Crippen LogP contribution in [0, 0.1) is 6.92 Å². The van der Waals surface area contributed by atoms with E-state index in [4.69, 9.17) is 26.1 Å². The van der Waals surface area contributed by atoms with Crippen LogP contribution in [0.4, 0.5) is 5.13 Å². The van der Waals surface area contributed by atoms with E-state index in [9.17, 15) is 4.79 Å². The first kappa shape index (κ1) is 31.5. The largest absolute Gasteiger partial charge is 0.464 e. The fourth-order valence-corrected chi connectivity index (χ4v) is 7.46. The molecule has 8 nitrogen and oxygen atoms in total. The molecule has 1 fully saturated rings. The van der Waals surface area contributed by atoms with Crippen molar-refractivity contribution in [2.75, 3.05) is 38.2 Å². The maximum atomic E-state index is 13.5. The molecule has 0 bridgehead atoms. The van der Waals surface area contributed by atoms with Gasteiger partial charge in [0.25, 0.3) is 0 Å². The predicted octanol–water partition coefficient (Wildman–Crippen LogP) is 7.72. The van der Waals surface area contributed by atoms with Gasteiger partial charge in [-0.25, -0.2) is 9.78 Å². The Kier molecular flexibility index (Phi) is 8.65. The van der Waals surface area contributed by atoms with Crippen LogP contribution in [0.5, 0.6) is 0 Å². The van der Waals surface area contributed by atoms with Crippen LogP contribution in [0.3, 0.4) is 0 Å². The molecule has 3 heterocycles. The van der Waals surface area contributed by atoms with E-state index in [0.717, 1.165) is 68.1 Å². The fraction of sp³-hybridized carbons (Fsp3) is 0.400. The molecule has 0 amide bonds. The third kappa shape index (κ3) is 6.31. The van der Waals surface area contributed by atoms with E-state index in [-0.39, 0.29) is 12.6 Å². The predicted molar refractivity (Wildman–Crippen MR) is 183 cm³/mol. The minimum Gasteiger partial charge on any atom is -0.464 e. The number of piperazine rings is 1. The first-order valence-electron chi connectivity index (χ1n) is 15.3. The van der Waals surface area contributed by atoms with Gasteiger partial charge in [-0.05, 0) is 88.7 Å². The van der Waals surface area contributed by atoms with Crippen molar-refractivity contribution in [3.63, 3.8) is 0 Å². The molecule has 0 saturated carbocycles. The maximum absolute atomic E-state index is 13.5. The smallest absolute Gasteiger partial charge is 0.339 e. The molecule has 0 N–H and O–H groups in total. The molecule has 2 aromatic heterocycles. The van der Waals surface area contributed by atoms with Gasteiger partial charge in [0.2, 0.25) is 0 Å². The number of aromatic nitrogens is 3. The number of hydrogen-bond acceptors (Lipinski definition) is 8. The average Bonchev–Trinajstić information content (AvgIpc) is 3.58. The van der Waals surface area contributed by atoms with Crippen LogP contribution < -0.4 is 4.90 Å². The summed E-state index contributed by atoms with van der Waals surface area (Å²) in [6.45, 7) is 12.5. The molecular formula is C35H40ClN5O3S. The van der Waals surface area contributed by atoms with Crippen molar-refractivity contribution < 1.29 is 14.3 Å². The van der Waals surface area contributed by atoms with Gasteiger partial charge in [0, 0.05) is 48.2 Å². The summed E-state index contributed by atoms with van der Waals surface area (Å²) in [4.78, 5) is 23.5. The molecule has 0 radical (unpaired) electrons. The van der Waals surface area contributed by atoms with Crippen molar-refractivity contribution in [1.29, 1.82) is 0 Å². The lowest BCUT2D eigenvalue weighted by atomic mass is 9.91. The second-order valence-electron chi connectivity index (χ2n) is 12.7. The molecule has 0 aliphatic carbocycles. The van der Waals surface area contributed by atoms with Gasteiger partial charge in [0.05, 0.1) is 40.2 Å². The molecule has 236 valence electrons. The zero-order chi connectivity index (χ0) is 32.0. The van der Waals surface area contributed by atoms with Gasteiger partial charge in [-0.2, -0.15) is 5.10 Å². The highest BCUT2D eigenvalue weighted by Gasteiger charge is 2.34. The van der Waals surface area contributed by atoms with E-state index < -0.39 is 17.7 Å². The number of anilines is 1. The van der Waals surface area contributed by atoms with E-state index in [1.165, 1.54) is 5.56 Å². The second kappa shape index (κ2) is 12.4. The van der Waals surface area contributed by atoms with Crippen LogP contribution in [-0.2, 0) is 21.3 Å². The van der Waals surface area contributed by atoms with E-state index in [1.54, 1.807) is 11.3 Å². The van der Waals surface area contributed by atoms with Crippen LogP contribution in [0.25, 0.3) is 32.2 Å². The molecule has 45 heavy (non-hydrogen) atoms. The van der Waals surface area contributed by atoms with Crippen molar-refractivity contribution in [3.8, 4) is 11.1 Å². The number of halogens is 1. The van der Waals surface area contributed by atoms with Gasteiger partial charge in [0.15, 0.2) is 11.2 Å². The van der Waals surface area contributed by atoms with E-state index in [1.807, 2.05) is 76.8 Å². The van der Waals surface area contributed by atoms with E-state index in [0.29, 0.717) is 5.02 Å². The van der Waals surface area contributed by atoms with Crippen molar-refractivity contribution in [2.24, 2.45) is 7.05 Å². The highest BCUT2D eigenvalue weighted by molar-refractivity contribution is 7.22. The Morgan fingerprint density at radius 2 is 1.87 bits per heavy atom. The van der Waals surface area contributed by atoms with Gasteiger partial charge in [-0.1, -0.05) is 41.1 Å². The summed E-state index contributed by atoms with van der Waals surface area (Å²) in [5, 5.41) is 7.18. The molecule has 5 aromatic rings. The van der Waals surface area contributed by atoms with Crippen molar-refractivity contribution in [3.05, 3.63) is 76.4 Å². The summed E-state index contributed by atoms with van der Waals surface area (Å²) in [6.07, 6.45) is 1.03. The molecule has 10 heteroatoms. The first-order chi connectivity index (χ1) is 21.4. The summed E-state index contributed by atoms with van der Waals surface area (Å²) in [7, 11) is 4.16. The Morgan fingerprint density at radius 1 is 1.11 bits per heavy atom. The van der Waals surface area contributed by atoms with Gasteiger partial charge in [0.1, 0.15) is 0 Å². The minimum atomic E-state index is -0.902. The van der Waals surface area contributed by atoms with Gasteiger partial charge >= 0.3 is 5.97 Å². The van der Waals surface area contributed by atoms with Gasteiger partial charge in [-0.3, -0.25) is 9.58 Å². The number of rotatable bonds is 7. The fourth-order valence-electron chi connectivity index (χ4n) is 6.17. The number of likely N-dealkylation sites (N-methyl/N-ethyl adjacent to an activating group) is 1. The lowest BCUT2D eigenvalue weighted by molar-refractivity contribution is -0.166. The van der Waals surface area contributed by atoms with Crippen LogP contribution in [-0.4, -0.2) is 64.5 Å². The molecule has 0 spiro atoms. The third-order valence-corrected chi connectivity index (χ3v) is 9.76. The quantitative estimate of drug-likeness (QED) is 0.168. The third-order valence-electron chi connectivity index (χ3n) is 8.36. The number of thiazole rings is 1. The Bertz CT molecular complexity index is 1860. The van der Waals surface area contributed by atoms with Crippen molar-refractivity contribution >= 4 is 55.2 Å². The summed E-state index contributed by atoms with van der Waals surface area (Å²) in [5.74, 6) is -0.401. The number of hydrogen-bond donors (Lipinski definition) is 0. The van der Waals surface area contributed by atoms with Crippen LogP contribution in [0.1, 0.15) is 56.5 Å². The van der Waals surface area contributed by atoms with E-state index >= 15 is 0 Å². The molecular weight excluding hydrogens is 606 g/mol. The standard InChI is InChI=1S/C35H40ClN5O3S/c1-8-43-33(42)31(44-35(3,4)5)29-21(2)17-26-32(30(29)22-9-12-25(36)13-10-22)45-34(38-26)41-16-15-39(6)28(20-41)23-11-14-27-24(18-23)19-37-40(27)7/h9-14,17-19,28,31H,8,15-16,20H2,1-7H3. The number of carbonyl (C=O) groups is 1. The lowest BCUT2D eigenvalue weighted by Gasteiger charge is -2.39. The average molecular weight is 646 g/mol. The summed E-state index contributed by atoms with van der Waals surface area (Å²) < 4.78 is 14.9. The zero-order valence-electron chi connectivity index (χ0n) is 26.9. The highest BCUT2D eigenvalue weighted by Crippen LogP contribution is 2.45. The highest BCUT2D eigenvalue weighted by atomic mass is 35.5. The topological polar surface area (TPSA) is 72.7 Å². The molecule has 1 aliphatic rings. The SMILES string of the molecule is CCOC(=O)C(OC(C)(C)C)c1c(C)cc2nc(N3CCN(C)C(c4ccc5c(cnn5C)c4)C3)sc2c1-c1ccc(Cl)cc1. The number of aryl methyl sites for hydroxylation is 2. The summed E-state index contributed by atoms with van der Waals surface area (Å²) >= 11 is 7.98. The molecule has 1 saturated heterocycles. The monoisotopic (exact) mass is 645 g/mol. The Morgan fingerprint density at radius 3 is 2.58 bits per heavy atom. The molecule has 3 aromatic carbocycles. The second-order valence-corrected chi connectivity index (χ2v) is 14.1. The number of benzene rings is 3. The number of ether oxygens (including phenoxy) is 2. The summed E-state index contributed by atoms with van der Waals surface area (Å²) in [6, 6.07) is 16.7. The Hall–Kier alpha value is -3.50. The first-order valence-corrected chi connectivity index (χ1v) is 16.5. The number of nitrogens with zero attached hydrogens (tertiary/aromatic N) is 5. The van der Waals surface area contributed by atoms with E-state index in [2.05, 4.69) is 46.2 Å². The molecule has 2 unspecified atom stereocenters. The normalized spacial score (nSPS) is 16.9. The van der Waals surface area contributed by atoms with Gasteiger partial charge < -0.3 is 14.4 Å². The zero-order valence-corrected chi connectivity index (χ0v) is 28.5. The summed E-state index contributed by atoms with van der Waals surface area (Å²) in [5.41, 5.74) is 6.31. The van der Waals surface area contributed by atoms with Crippen LogP contribution in [0.2, 0.25) is 5.02 Å². The van der Waals surface area contributed by atoms with Crippen LogP contribution in [0.15, 0.2) is 54.7 Å². The minimum absolute atomic E-state index is 0.205. The van der Waals surface area contributed by atoms with Gasteiger partial charge in [-0.15, -0.1) is 0 Å². The Balaban J connectivity index is 1.46. The van der Waals surface area contributed by atoms with Crippen molar-refractivity contribution in [1.82, 2.24) is 19.7 Å². The molecule has 6 rings (SSSR count). The maximum Gasteiger partial charge on any atom is 0.339 e. The van der Waals surface area contributed by atoms with Crippen molar-refractivity contribution in [2.45, 2.75) is 52.4 Å². The number of fused-ring (bicyclic) bond motifs is 2. The molecule has 1 aliphatic heterocycles. The molecule has 2 atom stereocenters.